The van der Waals surface area contributed by atoms with Gasteiger partial charge in [-0.15, -0.1) is 0 Å². The lowest BCUT2D eigenvalue weighted by Gasteiger charge is -2.26. The summed E-state index contributed by atoms with van der Waals surface area (Å²) in [5.74, 6) is -1.54. The Kier molecular flexibility index (Phi) is 13.2. The Balaban J connectivity index is 2.56. The molecule has 218 valence electrons. The van der Waals surface area contributed by atoms with E-state index in [-0.39, 0.29) is 24.9 Å². The molecule has 0 saturated carbocycles. The third-order valence-corrected chi connectivity index (χ3v) is 5.37. The van der Waals surface area contributed by atoms with Gasteiger partial charge in [0.25, 0.3) is 0 Å². The molecule has 0 aliphatic carbocycles. The first-order valence-corrected chi connectivity index (χ1v) is 12.8. The van der Waals surface area contributed by atoms with Gasteiger partial charge in [0.15, 0.2) is 0 Å². The van der Waals surface area contributed by atoms with Gasteiger partial charge in [0.2, 0.25) is 11.8 Å². The number of anilines is 1. The molecular weight excluding hydrogens is 508 g/mol. The van der Waals surface area contributed by atoms with Gasteiger partial charge in [0.1, 0.15) is 24.3 Å². The van der Waals surface area contributed by atoms with E-state index in [1.54, 1.807) is 65.9 Å². The Morgan fingerprint density at radius 2 is 1.56 bits per heavy atom. The Labute approximate surface area is 230 Å². The second-order valence-corrected chi connectivity index (χ2v) is 10.4. The van der Waals surface area contributed by atoms with Gasteiger partial charge < -0.3 is 35.1 Å². The van der Waals surface area contributed by atoms with Gasteiger partial charge in [-0.05, 0) is 57.7 Å². The fourth-order valence-corrected chi connectivity index (χ4v) is 3.18. The highest BCUT2D eigenvalue weighted by Gasteiger charge is 2.29. The predicted octanol–water partition coefficient (Wildman–Crippen LogP) is 3.20. The molecule has 0 aliphatic rings. The zero-order valence-electron chi connectivity index (χ0n) is 24.1. The first-order valence-electron chi connectivity index (χ1n) is 12.8. The van der Waals surface area contributed by atoms with Crippen molar-refractivity contribution in [1.29, 1.82) is 0 Å². The molecule has 4 amide bonds. The molecule has 2 atom stereocenters. The van der Waals surface area contributed by atoms with E-state index in [2.05, 4.69) is 20.7 Å². The number of nitrogens with one attached hydrogen (secondary N) is 3. The number of hydrogen-bond acceptors (Lipinski definition) is 8. The molecule has 0 fully saturated rings. The highest BCUT2D eigenvalue weighted by molar-refractivity contribution is 5.98. The molecule has 0 heterocycles. The van der Waals surface area contributed by atoms with E-state index in [0.717, 1.165) is 0 Å². The summed E-state index contributed by atoms with van der Waals surface area (Å²) in [5.41, 5.74) is 0.484. The highest BCUT2D eigenvalue weighted by atomic mass is 16.6. The lowest BCUT2D eigenvalue weighted by molar-refractivity contribution is -0.140. The summed E-state index contributed by atoms with van der Waals surface area (Å²) in [6.07, 6.45) is -0.568. The number of nitrogens with zero attached hydrogens (tertiary/aromatic N) is 1. The predicted molar refractivity (Wildman–Crippen MR) is 145 cm³/mol. The van der Waals surface area contributed by atoms with Crippen molar-refractivity contribution in [3.63, 3.8) is 0 Å². The lowest BCUT2D eigenvalue weighted by atomic mass is 10.0. The second-order valence-electron chi connectivity index (χ2n) is 10.4. The molecule has 0 spiro atoms. The Hall–Kier alpha value is -3.83. The van der Waals surface area contributed by atoms with E-state index in [1.165, 1.54) is 18.9 Å². The molecule has 3 N–H and O–H groups in total. The van der Waals surface area contributed by atoms with E-state index < -0.39 is 41.7 Å². The molecule has 0 aliphatic heterocycles. The SMILES string of the molecule is COC(=O)CCCN(C)C(=O)OCc1ccc(NC(=O)[C@H](C)NC(=O)[C@@H](NC(=O)OC(C)(C)C)C(C)C)cc1. The van der Waals surface area contributed by atoms with Crippen molar-refractivity contribution < 1.29 is 38.2 Å². The van der Waals surface area contributed by atoms with Gasteiger partial charge in [-0.2, -0.15) is 0 Å². The standard InChI is InChI=1S/C27H42N4O8/c1-17(2)22(30-25(35)39-27(4,5)6)24(34)28-18(3)23(33)29-20-13-11-19(12-14-20)16-38-26(36)31(7)15-9-10-21(32)37-8/h11-14,17-18,22H,9-10,15-16H2,1-8H3,(H,28,34)(H,29,33)(H,30,35)/t18-,22-/m0/s1. The average Bonchev–Trinajstić information content (AvgIpc) is 2.84. The number of alkyl carbamates (subject to hydrolysis) is 1. The molecule has 0 aromatic heterocycles. The molecule has 12 nitrogen and oxygen atoms in total. The van der Waals surface area contributed by atoms with E-state index in [4.69, 9.17) is 9.47 Å². The third kappa shape index (κ3) is 13.0. The summed E-state index contributed by atoms with van der Waals surface area (Å²) in [6.45, 7) is 10.6. The minimum absolute atomic E-state index is 0.0299. The van der Waals surface area contributed by atoms with Crippen LogP contribution in [0.5, 0.6) is 0 Å². The summed E-state index contributed by atoms with van der Waals surface area (Å²) >= 11 is 0. The van der Waals surface area contributed by atoms with E-state index in [0.29, 0.717) is 24.2 Å². The number of methoxy groups -OCH3 is 1. The van der Waals surface area contributed by atoms with Crippen LogP contribution < -0.4 is 16.0 Å². The third-order valence-electron chi connectivity index (χ3n) is 5.37. The molecule has 1 aromatic rings. The van der Waals surface area contributed by atoms with Gasteiger partial charge in [0, 0.05) is 25.7 Å². The van der Waals surface area contributed by atoms with Crippen molar-refractivity contribution in [3.05, 3.63) is 29.8 Å². The molecule has 0 unspecified atom stereocenters. The molecule has 0 bridgehead atoms. The van der Waals surface area contributed by atoms with Crippen molar-refractivity contribution in [2.24, 2.45) is 5.92 Å². The van der Waals surface area contributed by atoms with Crippen LogP contribution in [0.25, 0.3) is 0 Å². The van der Waals surface area contributed by atoms with Gasteiger partial charge in [0.05, 0.1) is 7.11 Å². The molecular formula is C27H42N4O8. The number of benzene rings is 1. The first kappa shape index (κ1) is 33.2. The van der Waals surface area contributed by atoms with Gasteiger partial charge >= 0.3 is 18.2 Å². The maximum Gasteiger partial charge on any atom is 0.409 e. The minimum Gasteiger partial charge on any atom is -0.469 e. The normalized spacial score (nSPS) is 12.5. The number of carbonyl (C=O) groups excluding carboxylic acids is 5. The first-order chi connectivity index (χ1) is 18.1. The Morgan fingerprint density at radius 1 is 0.949 bits per heavy atom. The van der Waals surface area contributed by atoms with Crippen LogP contribution in [0.15, 0.2) is 24.3 Å². The maximum atomic E-state index is 12.7. The smallest absolute Gasteiger partial charge is 0.409 e. The van der Waals surface area contributed by atoms with Crippen LogP contribution >= 0.6 is 0 Å². The van der Waals surface area contributed by atoms with E-state index in [1.807, 2.05) is 0 Å². The topological polar surface area (TPSA) is 152 Å². The van der Waals surface area contributed by atoms with Gasteiger partial charge in [-0.1, -0.05) is 26.0 Å². The summed E-state index contributed by atoms with van der Waals surface area (Å²) < 4.78 is 15.1. The molecule has 0 radical (unpaired) electrons. The largest absolute Gasteiger partial charge is 0.469 e. The molecule has 39 heavy (non-hydrogen) atoms. The zero-order chi connectivity index (χ0) is 29.8. The van der Waals surface area contributed by atoms with Crippen LogP contribution in [0.2, 0.25) is 0 Å². The maximum absolute atomic E-state index is 12.7. The number of hydrogen-bond donors (Lipinski definition) is 3. The highest BCUT2D eigenvalue weighted by Crippen LogP contribution is 2.13. The van der Waals surface area contributed by atoms with Gasteiger partial charge in [-0.3, -0.25) is 14.4 Å². The monoisotopic (exact) mass is 550 g/mol. The Bertz CT molecular complexity index is 988. The molecule has 1 aromatic carbocycles. The number of rotatable bonds is 12. The van der Waals surface area contributed by atoms with E-state index >= 15 is 0 Å². The second kappa shape index (κ2) is 15.6. The van der Waals surface area contributed by atoms with Crippen LogP contribution in [0.1, 0.15) is 59.9 Å². The summed E-state index contributed by atoms with van der Waals surface area (Å²) in [5, 5.41) is 7.89. The van der Waals surface area contributed by atoms with Crippen molar-refractivity contribution in [2.75, 3.05) is 26.0 Å². The number of esters is 1. The van der Waals surface area contributed by atoms with Crippen molar-refractivity contribution in [2.45, 2.75) is 78.7 Å². The average molecular weight is 551 g/mol. The molecule has 1 rings (SSSR count). The fraction of sp³-hybridized carbons (Fsp3) is 0.593. The van der Waals surface area contributed by atoms with E-state index in [9.17, 15) is 24.0 Å². The van der Waals surface area contributed by atoms with Crippen molar-refractivity contribution in [3.8, 4) is 0 Å². The van der Waals surface area contributed by atoms with Crippen LogP contribution in [-0.2, 0) is 35.2 Å². The number of amides is 4. The Morgan fingerprint density at radius 3 is 2.10 bits per heavy atom. The lowest BCUT2D eigenvalue weighted by Crippen LogP contribution is -2.54. The summed E-state index contributed by atoms with van der Waals surface area (Å²) in [6, 6.07) is 4.93. The minimum atomic E-state index is -0.885. The van der Waals surface area contributed by atoms with Crippen molar-refractivity contribution >= 4 is 35.7 Å². The quantitative estimate of drug-likeness (QED) is 0.265. The summed E-state index contributed by atoms with van der Waals surface area (Å²) in [4.78, 5) is 62.1. The van der Waals surface area contributed by atoms with Crippen LogP contribution in [0, 0.1) is 5.92 Å². The molecule has 12 heteroatoms. The zero-order valence-corrected chi connectivity index (χ0v) is 24.1. The number of carbonyl (C=O) groups is 5. The van der Waals surface area contributed by atoms with Crippen molar-refractivity contribution in [1.82, 2.24) is 15.5 Å². The van der Waals surface area contributed by atoms with Crippen LogP contribution in [-0.4, -0.2) is 73.3 Å². The van der Waals surface area contributed by atoms with Crippen LogP contribution in [0.3, 0.4) is 0 Å². The number of ether oxygens (including phenoxy) is 3. The summed E-state index contributed by atoms with van der Waals surface area (Å²) in [7, 11) is 2.89. The van der Waals surface area contributed by atoms with Crippen LogP contribution in [0.4, 0.5) is 15.3 Å². The van der Waals surface area contributed by atoms with Gasteiger partial charge in [-0.25, -0.2) is 9.59 Å². The fourth-order valence-electron chi connectivity index (χ4n) is 3.18. The molecule has 0 saturated heterocycles.